The second-order valence-electron chi connectivity index (χ2n) is 9.57. The van der Waals surface area contributed by atoms with Crippen LogP contribution in [0, 0.1) is 0 Å². The van der Waals surface area contributed by atoms with E-state index in [2.05, 4.69) is 27.5 Å². The molecular weight excluding hydrogens is 557 g/mol. The van der Waals surface area contributed by atoms with Gasteiger partial charge >= 0.3 is 0 Å². The van der Waals surface area contributed by atoms with E-state index in [-0.39, 0.29) is 24.0 Å². The molecule has 1 aromatic carbocycles. The molecule has 12 heteroatoms. The summed E-state index contributed by atoms with van der Waals surface area (Å²) in [5, 5.41) is 12.3. The van der Waals surface area contributed by atoms with Crippen LogP contribution in [0.5, 0.6) is 11.5 Å². The highest BCUT2D eigenvalue weighted by Gasteiger charge is 2.30. The van der Waals surface area contributed by atoms with E-state index in [4.69, 9.17) is 47.1 Å². The number of fused-ring (bicyclic) bond motifs is 1. The molecule has 4 heterocycles. The van der Waals surface area contributed by atoms with Gasteiger partial charge in [-0.25, -0.2) is 9.97 Å². The van der Waals surface area contributed by atoms with Crippen molar-refractivity contribution in [1.29, 1.82) is 0 Å². The molecule has 2 aliphatic rings. The first kappa shape index (κ1) is 28.2. The molecule has 212 valence electrons. The molecule has 0 spiro atoms. The quantitative estimate of drug-likeness (QED) is 0.306. The number of aromatic nitrogens is 2. The van der Waals surface area contributed by atoms with Gasteiger partial charge in [0.1, 0.15) is 23.1 Å². The van der Waals surface area contributed by atoms with E-state index in [9.17, 15) is 4.79 Å². The number of hydrogen-bond donors (Lipinski definition) is 3. The van der Waals surface area contributed by atoms with Gasteiger partial charge < -0.3 is 34.9 Å². The summed E-state index contributed by atoms with van der Waals surface area (Å²) in [5.74, 6) is 1.89. The molecule has 2 aromatic heterocycles. The molecule has 0 saturated carbocycles. The van der Waals surface area contributed by atoms with Crippen molar-refractivity contribution in [3.63, 3.8) is 0 Å². The van der Waals surface area contributed by atoms with Crippen molar-refractivity contribution in [1.82, 2.24) is 15.3 Å². The van der Waals surface area contributed by atoms with Crippen molar-refractivity contribution in [2.75, 3.05) is 51.3 Å². The number of anilines is 2. The first-order valence-corrected chi connectivity index (χ1v) is 13.7. The highest BCUT2D eigenvalue weighted by molar-refractivity contribution is 6.41. The second-order valence-corrected chi connectivity index (χ2v) is 10.3. The summed E-state index contributed by atoms with van der Waals surface area (Å²) in [6.45, 7) is 5.71. The van der Waals surface area contributed by atoms with Crippen LogP contribution in [-0.2, 0) is 14.3 Å². The van der Waals surface area contributed by atoms with Crippen LogP contribution in [0.4, 0.5) is 11.6 Å². The zero-order valence-electron chi connectivity index (χ0n) is 22.3. The van der Waals surface area contributed by atoms with Crippen LogP contribution in [0.3, 0.4) is 0 Å². The fraction of sp³-hybridized carbons (Fsp3) is 0.393. The summed E-state index contributed by atoms with van der Waals surface area (Å²) in [6, 6.07) is 5.28. The third-order valence-corrected chi connectivity index (χ3v) is 7.78. The van der Waals surface area contributed by atoms with Crippen LogP contribution in [0.1, 0.15) is 12.8 Å². The highest BCUT2D eigenvalue weighted by Crippen LogP contribution is 2.46. The molecule has 0 bridgehead atoms. The number of rotatable bonds is 9. The minimum absolute atomic E-state index is 0.158. The second kappa shape index (κ2) is 12.5. The molecule has 2 atom stereocenters. The summed E-state index contributed by atoms with van der Waals surface area (Å²) < 4.78 is 22.1. The van der Waals surface area contributed by atoms with Gasteiger partial charge in [0.05, 0.1) is 55.3 Å². The standard InChI is InChI=1S/C28H31Cl2N5O5/c1-4-24(36)34-20-14-40-13-19(20)33-23-10-17-15(12-31-23)9-18(35-28(17)32-16-5-7-39-8-6-16)25-26(29)21(37-2)11-22(38-3)27(25)30/h4,9-12,16,19-20H,1,5-8,13-14H2,2-3H3,(H,31,33)(H,32,35)(H,34,36)/t19-,20+/m1/s1. The molecule has 0 radical (unpaired) electrons. The topological polar surface area (TPSA) is 116 Å². The van der Waals surface area contributed by atoms with Gasteiger partial charge in [-0.1, -0.05) is 29.8 Å². The fourth-order valence-electron chi connectivity index (χ4n) is 4.88. The van der Waals surface area contributed by atoms with Crippen LogP contribution in [0.15, 0.2) is 37.1 Å². The molecule has 2 saturated heterocycles. The Morgan fingerprint density at radius 1 is 1.02 bits per heavy atom. The lowest BCUT2D eigenvalue weighted by molar-refractivity contribution is -0.117. The number of methoxy groups -OCH3 is 2. The molecule has 3 aromatic rings. The van der Waals surface area contributed by atoms with Crippen LogP contribution < -0.4 is 25.4 Å². The minimum atomic E-state index is -0.250. The van der Waals surface area contributed by atoms with Crippen molar-refractivity contribution in [3.8, 4) is 22.8 Å². The largest absolute Gasteiger partial charge is 0.495 e. The molecule has 2 fully saturated rings. The number of pyridine rings is 2. The number of nitrogens with zero attached hydrogens (tertiary/aromatic N) is 2. The Hall–Kier alpha value is -3.31. The zero-order valence-corrected chi connectivity index (χ0v) is 23.8. The molecule has 0 unspecified atom stereocenters. The predicted molar refractivity (Wildman–Crippen MR) is 156 cm³/mol. The third-order valence-electron chi connectivity index (χ3n) is 7.03. The van der Waals surface area contributed by atoms with E-state index in [1.165, 1.54) is 20.3 Å². The van der Waals surface area contributed by atoms with Crippen molar-refractivity contribution >= 4 is 51.5 Å². The normalized spacial score (nSPS) is 19.3. The maximum Gasteiger partial charge on any atom is 0.243 e. The summed E-state index contributed by atoms with van der Waals surface area (Å²) in [7, 11) is 3.07. The summed E-state index contributed by atoms with van der Waals surface area (Å²) in [6.07, 6.45) is 4.71. The molecule has 1 amide bonds. The predicted octanol–water partition coefficient (Wildman–Crippen LogP) is 4.69. The summed E-state index contributed by atoms with van der Waals surface area (Å²) in [4.78, 5) is 21.5. The number of carbonyl (C=O) groups excluding carboxylic acids is 1. The number of benzene rings is 1. The van der Waals surface area contributed by atoms with Gasteiger partial charge in [-0.2, -0.15) is 0 Å². The van der Waals surface area contributed by atoms with Gasteiger partial charge in [0.25, 0.3) is 0 Å². The average Bonchev–Trinajstić information content (AvgIpc) is 3.40. The number of ether oxygens (including phenoxy) is 4. The number of nitrogens with one attached hydrogen (secondary N) is 3. The van der Waals surface area contributed by atoms with E-state index < -0.39 is 0 Å². The molecular formula is C28H31Cl2N5O5. The lowest BCUT2D eigenvalue weighted by atomic mass is 10.1. The summed E-state index contributed by atoms with van der Waals surface area (Å²) in [5.41, 5.74) is 1.05. The van der Waals surface area contributed by atoms with Gasteiger partial charge in [-0.15, -0.1) is 0 Å². The highest BCUT2D eigenvalue weighted by atomic mass is 35.5. The van der Waals surface area contributed by atoms with Crippen LogP contribution in [0.2, 0.25) is 10.0 Å². The first-order chi connectivity index (χ1) is 19.4. The number of carbonyl (C=O) groups is 1. The van der Waals surface area contributed by atoms with E-state index in [0.29, 0.717) is 70.9 Å². The van der Waals surface area contributed by atoms with Gasteiger partial charge in [0.15, 0.2) is 0 Å². The Morgan fingerprint density at radius 2 is 1.73 bits per heavy atom. The molecule has 0 aliphatic carbocycles. The monoisotopic (exact) mass is 587 g/mol. The number of halogens is 2. The third kappa shape index (κ3) is 5.90. The first-order valence-electron chi connectivity index (χ1n) is 12.9. The van der Waals surface area contributed by atoms with Crippen molar-refractivity contribution in [2.24, 2.45) is 0 Å². The van der Waals surface area contributed by atoms with Crippen LogP contribution >= 0.6 is 23.2 Å². The molecule has 40 heavy (non-hydrogen) atoms. The number of amides is 1. The Balaban J connectivity index is 1.56. The Labute approximate surface area is 242 Å². The lowest BCUT2D eigenvalue weighted by Crippen LogP contribution is -2.45. The average molecular weight is 588 g/mol. The van der Waals surface area contributed by atoms with E-state index in [1.807, 2.05) is 12.1 Å². The van der Waals surface area contributed by atoms with Gasteiger partial charge in [-0.3, -0.25) is 4.79 Å². The fourth-order valence-corrected chi connectivity index (χ4v) is 5.57. The Kier molecular flexibility index (Phi) is 8.80. The maximum atomic E-state index is 11.9. The molecule has 5 rings (SSSR count). The summed E-state index contributed by atoms with van der Waals surface area (Å²) >= 11 is 13.5. The van der Waals surface area contributed by atoms with E-state index >= 15 is 0 Å². The molecule has 10 nitrogen and oxygen atoms in total. The van der Waals surface area contributed by atoms with Crippen molar-refractivity contribution in [2.45, 2.75) is 31.0 Å². The SMILES string of the molecule is C=CC(=O)N[C@H]1COC[C@H]1Nc1cc2c(NC3CCOCC3)nc(-c3c(Cl)c(OC)cc(OC)c3Cl)cc2cn1. The Bertz CT molecular complexity index is 1390. The van der Waals surface area contributed by atoms with Gasteiger partial charge in [0.2, 0.25) is 5.91 Å². The minimum Gasteiger partial charge on any atom is -0.495 e. The zero-order chi connectivity index (χ0) is 28.2. The van der Waals surface area contributed by atoms with Crippen LogP contribution in [-0.4, -0.2) is 74.6 Å². The van der Waals surface area contributed by atoms with Gasteiger partial charge in [-0.05, 0) is 31.1 Å². The molecule has 3 N–H and O–H groups in total. The lowest BCUT2D eigenvalue weighted by Gasteiger charge is -2.25. The smallest absolute Gasteiger partial charge is 0.243 e. The van der Waals surface area contributed by atoms with Crippen molar-refractivity contribution < 1.29 is 23.7 Å². The van der Waals surface area contributed by atoms with Crippen LogP contribution in [0.25, 0.3) is 22.0 Å². The van der Waals surface area contributed by atoms with Gasteiger partial charge in [0, 0.05) is 47.9 Å². The number of hydrogen-bond acceptors (Lipinski definition) is 9. The van der Waals surface area contributed by atoms with E-state index in [0.717, 1.165) is 23.6 Å². The Morgan fingerprint density at radius 3 is 2.40 bits per heavy atom. The van der Waals surface area contributed by atoms with E-state index in [1.54, 1.807) is 12.3 Å². The maximum absolute atomic E-state index is 11.9. The molecule has 2 aliphatic heterocycles. The van der Waals surface area contributed by atoms with Crippen molar-refractivity contribution in [3.05, 3.63) is 47.1 Å².